The lowest BCUT2D eigenvalue weighted by Crippen LogP contribution is -2.26. The number of hydrogen-bond donors (Lipinski definition) is 1. The van der Waals surface area contributed by atoms with Crippen LogP contribution in [0.5, 0.6) is 0 Å². The van der Waals surface area contributed by atoms with Crippen molar-refractivity contribution in [2.75, 3.05) is 13.1 Å². The molecular formula is C17H21BrN2. The van der Waals surface area contributed by atoms with Gasteiger partial charge in [0.2, 0.25) is 0 Å². The Labute approximate surface area is 129 Å². The van der Waals surface area contributed by atoms with Gasteiger partial charge in [0, 0.05) is 28.6 Å². The number of nitrogens with one attached hydrogen (secondary N) is 1. The fraction of sp³-hybridized carbons (Fsp3) is 0.471. The first-order valence-corrected chi connectivity index (χ1v) is 8.24. The van der Waals surface area contributed by atoms with E-state index in [4.69, 9.17) is 4.99 Å². The van der Waals surface area contributed by atoms with Crippen molar-refractivity contribution < 1.29 is 0 Å². The molecule has 0 fully saturated rings. The van der Waals surface area contributed by atoms with E-state index in [1.807, 2.05) is 0 Å². The van der Waals surface area contributed by atoms with E-state index in [1.54, 1.807) is 0 Å². The number of hydrogen-bond acceptors (Lipinski definition) is 2. The first-order chi connectivity index (χ1) is 9.70. The molecule has 0 saturated heterocycles. The third-order valence-electron chi connectivity index (χ3n) is 4.34. The SMILES string of the molecule is CCCNCC1=NC2C(=CC=C3C=C(Br)C=CC32)C1C. The molecule has 1 N–H and O–H groups in total. The fourth-order valence-electron chi connectivity index (χ4n) is 3.19. The van der Waals surface area contributed by atoms with Crippen LogP contribution in [-0.4, -0.2) is 24.8 Å². The molecule has 2 aliphatic carbocycles. The predicted molar refractivity (Wildman–Crippen MR) is 89.4 cm³/mol. The van der Waals surface area contributed by atoms with Gasteiger partial charge in [-0.05, 0) is 30.2 Å². The van der Waals surface area contributed by atoms with Crippen LogP contribution in [0, 0.1) is 11.8 Å². The van der Waals surface area contributed by atoms with E-state index in [-0.39, 0.29) is 0 Å². The number of fused-ring (bicyclic) bond motifs is 3. The normalized spacial score (nSPS) is 31.1. The minimum Gasteiger partial charge on any atom is -0.311 e. The second-order valence-electron chi connectivity index (χ2n) is 5.71. The molecule has 0 radical (unpaired) electrons. The van der Waals surface area contributed by atoms with Gasteiger partial charge in [0.25, 0.3) is 0 Å². The summed E-state index contributed by atoms with van der Waals surface area (Å²) in [6, 6.07) is 0.316. The summed E-state index contributed by atoms with van der Waals surface area (Å²) in [7, 11) is 0. The number of rotatable bonds is 4. The molecule has 0 amide bonds. The Morgan fingerprint density at radius 3 is 3.00 bits per heavy atom. The highest BCUT2D eigenvalue weighted by molar-refractivity contribution is 9.11. The van der Waals surface area contributed by atoms with Crippen LogP contribution in [0.3, 0.4) is 0 Å². The van der Waals surface area contributed by atoms with Crippen molar-refractivity contribution in [2.45, 2.75) is 26.3 Å². The third kappa shape index (κ3) is 2.49. The van der Waals surface area contributed by atoms with Crippen LogP contribution in [0.4, 0.5) is 0 Å². The van der Waals surface area contributed by atoms with E-state index in [1.165, 1.54) is 23.3 Å². The topological polar surface area (TPSA) is 24.4 Å². The highest BCUT2D eigenvalue weighted by atomic mass is 79.9. The van der Waals surface area contributed by atoms with Crippen LogP contribution in [0.2, 0.25) is 0 Å². The molecule has 1 aliphatic heterocycles. The highest BCUT2D eigenvalue weighted by Crippen LogP contribution is 2.41. The van der Waals surface area contributed by atoms with Gasteiger partial charge in [-0.25, -0.2) is 0 Å². The van der Waals surface area contributed by atoms with E-state index >= 15 is 0 Å². The minimum atomic E-state index is 0.316. The molecule has 2 nitrogen and oxygen atoms in total. The molecular weight excluding hydrogens is 312 g/mol. The summed E-state index contributed by atoms with van der Waals surface area (Å²) in [5, 5.41) is 3.48. The first-order valence-electron chi connectivity index (χ1n) is 7.45. The van der Waals surface area contributed by atoms with Crippen LogP contribution in [0.1, 0.15) is 20.3 Å². The van der Waals surface area contributed by atoms with Crippen molar-refractivity contribution in [1.82, 2.24) is 5.32 Å². The number of halogens is 1. The van der Waals surface area contributed by atoms with Gasteiger partial charge in [-0.1, -0.05) is 54.1 Å². The summed E-state index contributed by atoms with van der Waals surface area (Å²) in [4.78, 5) is 5.02. The first kappa shape index (κ1) is 14.0. The van der Waals surface area contributed by atoms with Crippen LogP contribution < -0.4 is 5.32 Å². The van der Waals surface area contributed by atoms with Gasteiger partial charge in [-0.2, -0.15) is 0 Å². The molecule has 106 valence electrons. The molecule has 0 bridgehead atoms. The second-order valence-corrected chi connectivity index (χ2v) is 6.63. The predicted octanol–water partition coefficient (Wildman–Crippen LogP) is 3.78. The van der Waals surface area contributed by atoms with Gasteiger partial charge in [-0.15, -0.1) is 0 Å². The third-order valence-corrected chi connectivity index (χ3v) is 4.83. The Balaban J connectivity index is 1.81. The van der Waals surface area contributed by atoms with Gasteiger partial charge in [0.05, 0.1) is 6.04 Å². The van der Waals surface area contributed by atoms with Crippen LogP contribution in [0.25, 0.3) is 0 Å². The summed E-state index contributed by atoms with van der Waals surface area (Å²) in [5.74, 6) is 0.896. The van der Waals surface area contributed by atoms with E-state index in [0.717, 1.165) is 17.6 Å². The maximum atomic E-state index is 5.02. The van der Waals surface area contributed by atoms with Crippen LogP contribution in [0.15, 0.2) is 51.0 Å². The van der Waals surface area contributed by atoms with Gasteiger partial charge in [-0.3, -0.25) is 4.99 Å². The monoisotopic (exact) mass is 332 g/mol. The van der Waals surface area contributed by atoms with Crippen LogP contribution in [-0.2, 0) is 0 Å². The second kappa shape index (κ2) is 5.82. The zero-order valence-corrected chi connectivity index (χ0v) is 13.7. The molecule has 3 unspecified atom stereocenters. The Morgan fingerprint density at radius 1 is 1.35 bits per heavy atom. The quantitative estimate of drug-likeness (QED) is 0.778. The fourth-order valence-corrected chi connectivity index (χ4v) is 3.60. The van der Waals surface area contributed by atoms with Crippen molar-refractivity contribution in [1.29, 1.82) is 0 Å². The Morgan fingerprint density at radius 2 is 2.20 bits per heavy atom. The number of allylic oxidation sites excluding steroid dienone is 5. The van der Waals surface area contributed by atoms with Crippen molar-refractivity contribution in [3.8, 4) is 0 Å². The maximum Gasteiger partial charge on any atom is 0.0821 e. The van der Waals surface area contributed by atoms with Crippen molar-refractivity contribution in [3.63, 3.8) is 0 Å². The highest BCUT2D eigenvalue weighted by Gasteiger charge is 2.37. The molecule has 0 aromatic carbocycles. The molecule has 0 saturated carbocycles. The van der Waals surface area contributed by atoms with E-state index in [9.17, 15) is 0 Å². The van der Waals surface area contributed by atoms with Gasteiger partial charge < -0.3 is 5.32 Å². The zero-order chi connectivity index (χ0) is 14.1. The molecule has 3 heteroatoms. The molecule has 3 rings (SSSR count). The summed E-state index contributed by atoms with van der Waals surface area (Å²) in [5.41, 5.74) is 4.15. The maximum absolute atomic E-state index is 5.02. The van der Waals surface area contributed by atoms with Gasteiger partial charge in [0.1, 0.15) is 0 Å². The van der Waals surface area contributed by atoms with Gasteiger partial charge in [0.15, 0.2) is 0 Å². The lowest BCUT2D eigenvalue weighted by molar-refractivity contribution is 0.623. The Kier molecular flexibility index (Phi) is 4.08. The van der Waals surface area contributed by atoms with Gasteiger partial charge >= 0.3 is 0 Å². The summed E-state index contributed by atoms with van der Waals surface area (Å²) in [6.07, 6.45) is 12.4. The standard InChI is InChI=1S/C17H21BrN2/c1-3-8-19-10-16-11(2)14-6-4-12-9-13(18)5-7-15(12)17(14)20-16/h4-7,9,11,15,17,19H,3,8,10H2,1-2H3. The lowest BCUT2D eigenvalue weighted by Gasteiger charge is -2.28. The summed E-state index contributed by atoms with van der Waals surface area (Å²) in [6.45, 7) is 6.48. The van der Waals surface area contributed by atoms with Crippen molar-refractivity contribution in [3.05, 3.63) is 46.0 Å². The summed E-state index contributed by atoms with van der Waals surface area (Å²) < 4.78 is 1.15. The average molecular weight is 333 g/mol. The lowest BCUT2D eigenvalue weighted by atomic mass is 9.78. The molecule has 0 spiro atoms. The van der Waals surface area contributed by atoms with Crippen molar-refractivity contribution in [2.24, 2.45) is 16.8 Å². The molecule has 0 aromatic rings. The summed E-state index contributed by atoms with van der Waals surface area (Å²) >= 11 is 3.56. The molecule has 1 heterocycles. The van der Waals surface area contributed by atoms with Crippen molar-refractivity contribution >= 4 is 21.6 Å². The van der Waals surface area contributed by atoms with E-state index in [2.05, 4.69) is 65.5 Å². The van der Waals surface area contributed by atoms with E-state index < -0.39 is 0 Å². The zero-order valence-electron chi connectivity index (χ0n) is 12.1. The molecule has 20 heavy (non-hydrogen) atoms. The molecule has 0 aromatic heterocycles. The number of nitrogens with zero attached hydrogens (tertiary/aromatic N) is 1. The molecule has 3 atom stereocenters. The average Bonchev–Trinajstić information content (AvgIpc) is 2.76. The molecule has 3 aliphatic rings. The Hall–Kier alpha value is -0.930. The largest absolute Gasteiger partial charge is 0.311 e. The van der Waals surface area contributed by atoms with Crippen LogP contribution >= 0.6 is 15.9 Å². The minimum absolute atomic E-state index is 0.316. The Bertz CT molecular complexity index is 551. The smallest absolute Gasteiger partial charge is 0.0821 e. The van der Waals surface area contributed by atoms with E-state index in [0.29, 0.717) is 17.9 Å². The number of aliphatic imine (C=N–C) groups is 1.